The molecule has 1 unspecified atom stereocenters. The van der Waals surface area contributed by atoms with Gasteiger partial charge in [-0.25, -0.2) is 0 Å². The molecule has 1 rings (SSSR count). The summed E-state index contributed by atoms with van der Waals surface area (Å²) < 4.78 is 0. The SMILES string of the molecule is CC1=C(C)C(=O)N(C(C)(C#N)C(C)C)C1=O. The molecule has 0 saturated carbocycles. The summed E-state index contributed by atoms with van der Waals surface area (Å²) in [6.45, 7) is 8.51. The van der Waals surface area contributed by atoms with Crippen molar-refractivity contribution in [1.29, 1.82) is 5.26 Å². The minimum absolute atomic E-state index is 0.107. The third-order valence-electron chi connectivity index (χ3n) is 3.43. The van der Waals surface area contributed by atoms with Crippen LogP contribution in [0.1, 0.15) is 34.6 Å². The summed E-state index contributed by atoms with van der Waals surface area (Å²) >= 11 is 0. The van der Waals surface area contributed by atoms with E-state index in [2.05, 4.69) is 6.07 Å². The van der Waals surface area contributed by atoms with Gasteiger partial charge in [0.1, 0.15) is 5.54 Å². The van der Waals surface area contributed by atoms with Crippen LogP contribution in [0.5, 0.6) is 0 Å². The fourth-order valence-corrected chi connectivity index (χ4v) is 1.61. The molecule has 0 fully saturated rings. The van der Waals surface area contributed by atoms with Crippen molar-refractivity contribution in [2.45, 2.75) is 40.2 Å². The lowest BCUT2D eigenvalue weighted by molar-refractivity contribution is -0.143. The molecule has 1 aliphatic rings. The van der Waals surface area contributed by atoms with Gasteiger partial charge in [-0.3, -0.25) is 14.5 Å². The van der Waals surface area contributed by atoms with Gasteiger partial charge in [-0.05, 0) is 26.7 Å². The number of nitriles is 1. The van der Waals surface area contributed by atoms with Crippen molar-refractivity contribution < 1.29 is 9.59 Å². The Morgan fingerprint density at radius 1 is 1.19 bits per heavy atom. The molecule has 1 aliphatic heterocycles. The summed E-state index contributed by atoms with van der Waals surface area (Å²) in [7, 11) is 0. The van der Waals surface area contributed by atoms with Crippen LogP contribution in [0.3, 0.4) is 0 Å². The molecule has 0 aromatic rings. The molecule has 0 aromatic heterocycles. The second-order valence-electron chi connectivity index (χ2n) is 4.61. The first-order chi connectivity index (χ1) is 7.27. The molecule has 86 valence electrons. The lowest BCUT2D eigenvalue weighted by atomic mass is 9.88. The average molecular weight is 220 g/mol. The van der Waals surface area contributed by atoms with Crippen molar-refractivity contribution in [2.75, 3.05) is 0 Å². The zero-order valence-corrected chi connectivity index (χ0v) is 10.3. The van der Waals surface area contributed by atoms with Gasteiger partial charge in [-0.15, -0.1) is 0 Å². The monoisotopic (exact) mass is 220 g/mol. The maximum Gasteiger partial charge on any atom is 0.258 e. The molecule has 0 aromatic carbocycles. The van der Waals surface area contributed by atoms with E-state index in [9.17, 15) is 14.9 Å². The Bertz CT molecular complexity index is 405. The lowest BCUT2D eigenvalue weighted by Gasteiger charge is -2.34. The van der Waals surface area contributed by atoms with Crippen LogP contribution in [-0.2, 0) is 9.59 Å². The van der Waals surface area contributed by atoms with Crippen LogP contribution >= 0.6 is 0 Å². The predicted molar refractivity (Wildman–Crippen MR) is 59.1 cm³/mol. The first-order valence-corrected chi connectivity index (χ1v) is 5.25. The predicted octanol–water partition coefficient (Wildman–Crippen LogP) is 1.63. The number of nitrogens with zero attached hydrogens (tertiary/aromatic N) is 2. The zero-order chi connectivity index (χ0) is 12.7. The first kappa shape index (κ1) is 12.4. The van der Waals surface area contributed by atoms with Gasteiger partial charge in [0.15, 0.2) is 0 Å². The minimum atomic E-state index is -1.08. The van der Waals surface area contributed by atoms with Gasteiger partial charge < -0.3 is 0 Å². The van der Waals surface area contributed by atoms with Gasteiger partial charge in [0.25, 0.3) is 11.8 Å². The number of carbonyl (C=O) groups excluding carboxylic acids is 2. The summed E-state index contributed by atoms with van der Waals surface area (Å²) in [6.07, 6.45) is 0. The van der Waals surface area contributed by atoms with Gasteiger partial charge in [0.2, 0.25) is 0 Å². The second-order valence-corrected chi connectivity index (χ2v) is 4.61. The Hall–Kier alpha value is -1.63. The van der Waals surface area contributed by atoms with Crippen molar-refractivity contribution in [2.24, 2.45) is 5.92 Å². The number of hydrogen-bond acceptors (Lipinski definition) is 3. The van der Waals surface area contributed by atoms with E-state index in [0.717, 1.165) is 4.90 Å². The number of carbonyl (C=O) groups is 2. The van der Waals surface area contributed by atoms with Crippen LogP contribution in [0, 0.1) is 17.2 Å². The summed E-state index contributed by atoms with van der Waals surface area (Å²) in [5.41, 5.74) is -0.202. The third-order valence-corrected chi connectivity index (χ3v) is 3.43. The molecular formula is C12H16N2O2. The molecule has 16 heavy (non-hydrogen) atoms. The summed E-state index contributed by atoms with van der Waals surface area (Å²) in [6, 6.07) is 2.08. The number of hydrogen-bond donors (Lipinski definition) is 0. The van der Waals surface area contributed by atoms with E-state index in [1.54, 1.807) is 20.8 Å². The highest BCUT2D eigenvalue weighted by atomic mass is 16.2. The van der Waals surface area contributed by atoms with Gasteiger partial charge in [0.05, 0.1) is 6.07 Å². The normalized spacial score (nSPS) is 20.4. The molecule has 0 N–H and O–H groups in total. The number of imide groups is 1. The van der Waals surface area contributed by atoms with Crippen molar-refractivity contribution in [1.82, 2.24) is 4.90 Å². The van der Waals surface area contributed by atoms with Crippen LogP contribution in [0.15, 0.2) is 11.1 Å². The minimum Gasteiger partial charge on any atom is -0.269 e. The number of rotatable bonds is 2. The molecule has 4 nitrogen and oxygen atoms in total. The molecule has 2 amide bonds. The van der Waals surface area contributed by atoms with Crippen LogP contribution in [0.4, 0.5) is 0 Å². The molecule has 0 spiro atoms. The van der Waals surface area contributed by atoms with Gasteiger partial charge in [0, 0.05) is 11.1 Å². The Kier molecular flexibility index (Phi) is 2.91. The van der Waals surface area contributed by atoms with Gasteiger partial charge in [-0.1, -0.05) is 13.8 Å². The largest absolute Gasteiger partial charge is 0.269 e. The van der Waals surface area contributed by atoms with Crippen molar-refractivity contribution in [3.8, 4) is 6.07 Å². The molecule has 1 atom stereocenters. The van der Waals surface area contributed by atoms with Gasteiger partial charge in [-0.2, -0.15) is 5.26 Å². The molecule has 0 aliphatic carbocycles. The fraction of sp³-hybridized carbons (Fsp3) is 0.583. The maximum atomic E-state index is 11.9. The highest BCUT2D eigenvalue weighted by molar-refractivity contribution is 6.19. The number of amides is 2. The highest BCUT2D eigenvalue weighted by Gasteiger charge is 2.47. The standard InChI is InChI=1S/C12H16N2O2/c1-7(2)12(5,6-13)14-10(15)8(3)9(4)11(14)16/h7H,1-5H3. The Morgan fingerprint density at radius 2 is 1.56 bits per heavy atom. The molecule has 1 heterocycles. The first-order valence-electron chi connectivity index (χ1n) is 5.25. The maximum absolute atomic E-state index is 11.9. The second kappa shape index (κ2) is 3.75. The van der Waals surface area contributed by atoms with E-state index >= 15 is 0 Å². The van der Waals surface area contributed by atoms with E-state index in [1.165, 1.54) is 0 Å². The molecule has 0 radical (unpaired) electrons. The Morgan fingerprint density at radius 3 is 1.81 bits per heavy atom. The molecule has 4 heteroatoms. The Balaban J connectivity index is 3.26. The zero-order valence-electron chi connectivity index (χ0n) is 10.3. The van der Waals surface area contributed by atoms with Crippen LogP contribution in [0.25, 0.3) is 0 Å². The molecule has 0 bridgehead atoms. The van der Waals surface area contributed by atoms with E-state index < -0.39 is 5.54 Å². The topological polar surface area (TPSA) is 61.2 Å². The summed E-state index contributed by atoms with van der Waals surface area (Å²) in [5, 5.41) is 9.21. The average Bonchev–Trinajstić information content (AvgIpc) is 2.42. The van der Waals surface area contributed by atoms with Crippen molar-refractivity contribution >= 4 is 11.8 Å². The van der Waals surface area contributed by atoms with Crippen molar-refractivity contribution in [3.05, 3.63) is 11.1 Å². The van der Waals surface area contributed by atoms with E-state index in [4.69, 9.17) is 0 Å². The van der Waals surface area contributed by atoms with Crippen LogP contribution in [0.2, 0.25) is 0 Å². The van der Waals surface area contributed by atoms with Crippen molar-refractivity contribution in [3.63, 3.8) is 0 Å². The molecule has 0 saturated heterocycles. The van der Waals surface area contributed by atoms with E-state index in [-0.39, 0.29) is 17.7 Å². The van der Waals surface area contributed by atoms with Crippen LogP contribution < -0.4 is 0 Å². The molecular weight excluding hydrogens is 204 g/mol. The quantitative estimate of drug-likeness (QED) is 0.664. The Labute approximate surface area is 95.5 Å². The smallest absolute Gasteiger partial charge is 0.258 e. The van der Waals surface area contributed by atoms with Crippen LogP contribution in [-0.4, -0.2) is 22.3 Å². The van der Waals surface area contributed by atoms with Gasteiger partial charge >= 0.3 is 0 Å². The van der Waals surface area contributed by atoms with E-state index in [1.807, 2.05) is 13.8 Å². The third kappa shape index (κ3) is 1.44. The lowest BCUT2D eigenvalue weighted by Crippen LogP contribution is -2.52. The fourth-order valence-electron chi connectivity index (χ4n) is 1.61. The summed E-state index contributed by atoms with van der Waals surface area (Å²) in [5.74, 6) is -0.801. The van der Waals surface area contributed by atoms with E-state index in [0.29, 0.717) is 11.1 Å². The highest BCUT2D eigenvalue weighted by Crippen LogP contribution is 2.32. The summed E-state index contributed by atoms with van der Waals surface area (Å²) in [4.78, 5) is 25.0.